The molecule has 1 aromatic rings. The fourth-order valence-electron chi connectivity index (χ4n) is 2.03. The Hall–Kier alpha value is -3.15. The number of aliphatic carboxylic acids is 4. The molecule has 0 saturated carbocycles. The van der Waals surface area contributed by atoms with Gasteiger partial charge in [-0.2, -0.15) is 0 Å². The molecule has 1 heterocycles. The lowest BCUT2D eigenvalue weighted by Gasteiger charge is -2.26. The van der Waals surface area contributed by atoms with Gasteiger partial charge in [-0.25, -0.2) is 19.2 Å². The summed E-state index contributed by atoms with van der Waals surface area (Å²) in [6.07, 6.45) is 2.23. The summed E-state index contributed by atoms with van der Waals surface area (Å²) >= 11 is 1.95. The molecule has 10 nitrogen and oxygen atoms in total. The highest BCUT2D eigenvalue weighted by Gasteiger charge is 2.08. The molecule has 0 unspecified atom stereocenters. The number of carboxylic acid groups (broad SMARTS) is 4. The Morgan fingerprint density at radius 2 is 1.23 bits per heavy atom. The molecule has 0 amide bonds. The summed E-state index contributed by atoms with van der Waals surface area (Å²) < 4.78 is 0. The number of piperazine rings is 1. The molecule has 11 heteroatoms. The van der Waals surface area contributed by atoms with Gasteiger partial charge in [-0.15, -0.1) is 11.8 Å². The number of carbonyl (C=O) groups is 4. The third-order valence-electron chi connectivity index (χ3n) is 3.37. The van der Waals surface area contributed by atoms with E-state index in [-0.39, 0.29) is 0 Å². The second-order valence-electron chi connectivity index (χ2n) is 5.77. The highest BCUT2D eigenvalue weighted by atomic mass is 32.2. The second kappa shape index (κ2) is 17.7. The predicted molar refractivity (Wildman–Crippen MR) is 115 cm³/mol. The van der Waals surface area contributed by atoms with E-state index in [9.17, 15) is 19.2 Å². The number of hydrogen-bond donors (Lipinski definition) is 5. The van der Waals surface area contributed by atoms with Crippen LogP contribution in [0.1, 0.15) is 0 Å². The smallest absolute Gasteiger partial charge is 0.328 e. The molecule has 0 aliphatic carbocycles. The average molecular weight is 455 g/mol. The van der Waals surface area contributed by atoms with Gasteiger partial charge in [0, 0.05) is 67.7 Å². The number of hydrogen-bond acceptors (Lipinski definition) is 7. The average Bonchev–Trinajstić information content (AvgIpc) is 2.73. The Balaban J connectivity index is 0.000000483. The molecule has 2 rings (SSSR count). The van der Waals surface area contributed by atoms with E-state index in [1.165, 1.54) is 30.3 Å². The molecule has 1 aliphatic rings. The van der Waals surface area contributed by atoms with Crippen molar-refractivity contribution in [3.05, 3.63) is 54.6 Å². The van der Waals surface area contributed by atoms with Crippen LogP contribution in [0.15, 0.2) is 59.5 Å². The molecule has 0 bridgehead atoms. The second-order valence-corrected chi connectivity index (χ2v) is 6.94. The van der Waals surface area contributed by atoms with Crippen LogP contribution in [-0.4, -0.2) is 87.7 Å². The van der Waals surface area contributed by atoms with E-state index in [1.807, 2.05) is 11.8 Å². The van der Waals surface area contributed by atoms with E-state index in [0.29, 0.717) is 24.3 Å². The first kappa shape index (κ1) is 27.8. The lowest BCUT2D eigenvalue weighted by atomic mass is 10.4. The van der Waals surface area contributed by atoms with Crippen LogP contribution < -0.4 is 5.32 Å². The van der Waals surface area contributed by atoms with Crippen LogP contribution in [0.5, 0.6) is 0 Å². The highest BCUT2D eigenvalue weighted by Crippen LogP contribution is 2.16. The summed E-state index contributed by atoms with van der Waals surface area (Å²) in [5.41, 5.74) is 0. The third kappa shape index (κ3) is 19.9. The zero-order valence-corrected chi connectivity index (χ0v) is 17.5. The molecule has 1 fully saturated rings. The van der Waals surface area contributed by atoms with Crippen molar-refractivity contribution in [3.8, 4) is 0 Å². The van der Waals surface area contributed by atoms with Crippen LogP contribution in [0.2, 0.25) is 0 Å². The van der Waals surface area contributed by atoms with E-state index < -0.39 is 23.9 Å². The Labute approximate surface area is 183 Å². The summed E-state index contributed by atoms with van der Waals surface area (Å²) in [4.78, 5) is 42.1. The van der Waals surface area contributed by atoms with Crippen LogP contribution in [0.25, 0.3) is 0 Å². The molecule has 1 aliphatic heterocycles. The number of carboxylic acids is 4. The number of nitrogens with zero attached hydrogens (tertiary/aromatic N) is 1. The van der Waals surface area contributed by atoms with Crippen molar-refractivity contribution in [2.24, 2.45) is 0 Å². The van der Waals surface area contributed by atoms with Gasteiger partial charge in [0.1, 0.15) is 0 Å². The molecule has 5 N–H and O–H groups in total. The first-order valence-corrected chi connectivity index (χ1v) is 10.1. The quantitative estimate of drug-likeness (QED) is 0.282. The van der Waals surface area contributed by atoms with Crippen molar-refractivity contribution in [3.63, 3.8) is 0 Å². The molecule has 0 atom stereocenters. The van der Waals surface area contributed by atoms with Gasteiger partial charge in [-0.05, 0) is 12.1 Å². The molecular formula is C20H26N2O8S. The van der Waals surface area contributed by atoms with Crippen LogP contribution >= 0.6 is 11.8 Å². The molecule has 170 valence electrons. The summed E-state index contributed by atoms with van der Waals surface area (Å²) in [6.45, 7) is 5.91. The Morgan fingerprint density at radius 3 is 1.61 bits per heavy atom. The maximum absolute atomic E-state index is 9.55. The molecule has 0 radical (unpaired) electrons. The molecular weight excluding hydrogens is 428 g/mol. The molecule has 0 aromatic heterocycles. The van der Waals surface area contributed by atoms with Crippen molar-refractivity contribution in [1.82, 2.24) is 10.2 Å². The fraction of sp³-hybridized carbons (Fsp3) is 0.300. The van der Waals surface area contributed by atoms with Crippen LogP contribution in [0.4, 0.5) is 0 Å². The van der Waals surface area contributed by atoms with E-state index in [4.69, 9.17) is 20.4 Å². The monoisotopic (exact) mass is 454 g/mol. The van der Waals surface area contributed by atoms with Gasteiger partial charge in [0.05, 0.1) is 0 Å². The van der Waals surface area contributed by atoms with Crippen LogP contribution in [0.3, 0.4) is 0 Å². The van der Waals surface area contributed by atoms with Gasteiger partial charge in [0.25, 0.3) is 0 Å². The van der Waals surface area contributed by atoms with Gasteiger partial charge in [0.15, 0.2) is 0 Å². The normalized spacial score (nSPS) is 13.5. The number of benzene rings is 1. The highest BCUT2D eigenvalue weighted by molar-refractivity contribution is 7.99. The molecule has 0 spiro atoms. The molecule has 31 heavy (non-hydrogen) atoms. The van der Waals surface area contributed by atoms with Crippen molar-refractivity contribution < 1.29 is 39.6 Å². The standard InChI is InChI=1S/C12H18N2S.2C4H4O4/c1-2-4-12(5-3-1)15-11-10-14-8-6-13-7-9-14;2*5-3(6)1-2-4(7)8/h1-5,13H,6-11H2;2*1-2H,(H,5,6)(H,7,8)/b;2*2-1+. The fourth-order valence-corrected chi connectivity index (χ4v) is 2.96. The minimum absolute atomic E-state index is 0.558. The summed E-state index contributed by atoms with van der Waals surface area (Å²) in [6, 6.07) is 10.6. The third-order valence-corrected chi connectivity index (χ3v) is 4.36. The maximum Gasteiger partial charge on any atom is 0.328 e. The summed E-state index contributed by atoms with van der Waals surface area (Å²) in [7, 11) is 0. The summed E-state index contributed by atoms with van der Waals surface area (Å²) in [5.74, 6) is -3.83. The van der Waals surface area contributed by atoms with Gasteiger partial charge in [0.2, 0.25) is 0 Å². The summed E-state index contributed by atoms with van der Waals surface area (Å²) in [5, 5.41) is 34.6. The largest absolute Gasteiger partial charge is 0.478 e. The van der Waals surface area contributed by atoms with Crippen molar-refractivity contribution in [2.45, 2.75) is 4.90 Å². The van der Waals surface area contributed by atoms with Gasteiger partial charge in [-0.1, -0.05) is 18.2 Å². The lowest BCUT2D eigenvalue weighted by molar-refractivity contribution is -0.134. The minimum atomic E-state index is -1.26. The Morgan fingerprint density at radius 1 is 0.806 bits per heavy atom. The molecule has 1 saturated heterocycles. The van der Waals surface area contributed by atoms with Crippen molar-refractivity contribution >= 4 is 35.6 Å². The lowest BCUT2D eigenvalue weighted by Crippen LogP contribution is -2.44. The maximum atomic E-state index is 9.55. The zero-order valence-electron chi connectivity index (χ0n) is 16.7. The topological polar surface area (TPSA) is 164 Å². The van der Waals surface area contributed by atoms with E-state index in [0.717, 1.165) is 13.1 Å². The van der Waals surface area contributed by atoms with Crippen molar-refractivity contribution in [1.29, 1.82) is 0 Å². The Kier molecular flexibility index (Phi) is 15.9. The van der Waals surface area contributed by atoms with E-state index in [1.54, 1.807) is 0 Å². The van der Waals surface area contributed by atoms with E-state index >= 15 is 0 Å². The van der Waals surface area contributed by atoms with Crippen molar-refractivity contribution in [2.75, 3.05) is 38.5 Å². The number of nitrogens with one attached hydrogen (secondary N) is 1. The van der Waals surface area contributed by atoms with Gasteiger partial charge < -0.3 is 25.7 Å². The minimum Gasteiger partial charge on any atom is -0.478 e. The van der Waals surface area contributed by atoms with Gasteiger partial charge in [-0.3, -0.25) is 4.90 Å². The van der Waals surface area contributed by atoms with Crippen LogP contribution in [-0.2, 0) is 19.2 Å². The van der Waals surface area contributed by atoms with Crippen LogP contribution in [0, 0.1) is 0 Å². The van der Waals surface area contributed by atoms with E-state index in [2.05, 4.69) is 40.5 Å². The molecule has 1 aromatic carbocycles. The predicted octanol–water partition coefficient (Wildman–Crippen LogP) is 1.11. The Bertz CT molecular complexity index is 681. The number of rotatable bonds is 8. The first-order valence-electron chi connectivity index (χ1n) is 9.09. The van der Waals surface area contributed by atoms with Gasteiger partial charge >= 0.3 is 23.9 Å². The first-order chi connectivity index (χ1) is 14.7. The SMILES string of the molecule is O=C(O)/C=C/C(=O)O.O=C(O)/C=C/C(=O)O.c1ccc(SCCN2CCNCC2)cc1. The number of thioether (sulfide) groups is 1. The zero-order chi connectivity index (χ0) is 23.5.